The van der Waals surface area contributed by atoms with Crippen LogP contribution >= 0.6 is 0 Å². The number of ether oxygens (including phenoxy) is 2. The Bertz CT molecular complexity index is 1070. The molecule has 188 valence electrons. The minimum atomic E-state index is -4.43. The number of Topliss-reactive ketones (excluding diaryl/α,β-unsaturated/α-hetero) is 1. The van der Waals surface area contributed by atoms with Gasteiger partial charge in [0, 0.05) is 0 Å². The third kappa shape index (κ3) is 7.71. The maximum atomic E-state index is 12.0. The third-order valence-electron chi connectivity index (χ3n) is 6.34. The molecule has 2 aromatic carbocycles. The van der Waals surface area contributed by atoms with Crippen molar-refractivity contribution >= 4 is 44.0 Å². The van der Waals surface area contributed by atoms with Gasteiger partial charge in [0.2, 0.25) is 0 Å². The molecule has 0 unspecified atom stereocenters. The molecule has 2 rings (SSSR count). The van der Waals surface area contributed by atoms with E-state index in [-0.39, 0.29) is 12.4 Å². The fraction of sp³-hybridized carbons (Fsp3) is 0.500. The molecule has 0 aromatic heterocycles. The molecule has 0 spiro atoms. The van der Waals surface area contributed by atoms with Gasteiger partial charge < -0.3 is 0 Å². The predicted octanol–water partition coefficient (Wildman–Crippen LogP) is 3.45. The first kappa shape index (κ1) is 28.6. The van der Waals surface area contributed by atoms with Crippen LogP contribution in [0.3, 0.4) is 0 Å². The first-order valence-corrected chi connectivity index (χ1v) is 14.9. The van der Waals surface area contributed by atoms with Crippen molar-refractivity contribution < 1.29 is 27.2 Å². The van der Waals surface area contributed by atoms with Crippen LogP contribution in [0.2, 0.25) is 0 Å². The fourth-order valence-corrected chi connectivity index (χ4v) is 5.88. The van der Waals surface area contributed by atoms with E-state index in [1.54, 1.807) is 13.8 Å². The summed E-state index contributed by atoms with van der Waals surface area (Å²) in [6, 6.07) is 15.8. The van der Waals surface area contributed by atoms with E-state index in [9.17, 15) is 17.8 Å². The van der Waals surface area contributed by atoms with Gasteiger partial charge >= 0.3 is 215 Å². The topological polar surface area (TPSA) is 92.7 Å². The van der Waals surface area contributed by atoms with Gasteiger partial charge in [-0.3, -0.25) is 0 Å². The summed E-state index contributed by atoms with van der Waals surface area (Å²) in [5.74, 6) is 1.46. The van der Waals surface area contributed by atoms with Gasteiger partial charge in [-0.15, -0.1) is 0 Å². The quantitative estimate of drug-likeness (QED) is 0.289. The summed E-state index contributed by atoms with van der Waals surface area (Å²) in [6.07, 6.45) is 0.438. The van der Waals surface area contributed by atoms with E-state index in [0.717, 1.165) is 0 Å². The number of ketones is 1. The van der Waals surface area contributed by atoms with Crippen molar-refractivity contribution in [2.75, 3.05) is 13.2 Å². The molecular formula is C26H35O6STe-. The summed E-state index contributed by atoms with van der Waals surface area (Å²) in [4.78, 5) is 12.0. The normalized spacial score (nSPS) is 12.9. The molecule has 0 bridgehead atoms. The van der Waals surface area contributed by atoms with Gasteiger partial charge in [-0.05, 0) is 0 Å². The predicted molar refractivity (Wildman–Crippen MR) is 136 cm³/mol. The zero-order valence-electron chi connectivity index (χ0n) is 21.0. The number of benzene rings is 2. The van der Waals surface area contributed by atoms with Gasteiger partial charge in [-0.1, -0.05) is 0 Å². The number of hydrogen-bond acceptors (Lipinski definition) is 6. The Hall–Kier alpha value is -1.59. The van der Waals surface area contributed by atoms with Gasteiger partial charge in [-0.2, -0.15) is 0 Å². The zero-order chi connectivity index (χ0) is 25.8. The SMILES string of the molecule is CC(C)(C)C(=O)COc1ccc([Te]c2ccc(OCCC(C)(C)C(C)(C)S(=O)(=O)[O-])cc2)cc1. The minimum absolute atomic E-state index is 0.0652. The zero-order valence-corrected chi connectivity index (χ0v) is 24.2. The van der Waals surface area contributed by atoms with Crippen LogP contribution in [0, 0.1) is 10.8 Å². The van der Waals surface area contributed by atoms with Crippen molar-refractivity contribution in [3.63, 3.8) is 0 Å². The van der Waals surface area contributed by atoms with Crippen molar-refractivity contribution in [1.29, 1.82) is 0 Å². The molecule has 0 heterocycles. The summed E-state index contributed by atoms with van der Waals surface area (Å²) in [5, 5.41) is 0. The Morgan fingerprint density at radius 1 is 0.824 bits per heavy atom. The van der Waals surface area contributed by atoms with E-state index >= 15 is 0 Å². The maximum absolute atomic E-state index is 12.0. The van der Waals surface area contributed by atoms with Crippen LogP contribution < -0.4 is 16.7 Å². The summed E-state index contributed by atoms with van der Waals surface area (Å²) < 4.78 is 47.4. The summed E-state index contributed by atoms with van der Waals surface area (Å²) >= 11 is -0.583. The van der Waals surface area contributed by atoms with E-state index in [0.29, 0.717) is 24.5 Å². The van der Waals surface area contributed by atoms with Crippen LogP contribution in [0.5, 0.6) is 11.5 Å². The number of carbonyl (C=O) groups excluding carboxylic acids is 1. The van der Waals surface area contributed by atoms with Gasteiger partial charge in [0.05, 0.1) is 0 Å². The number of carbonyl (C=O) groups is 1. The molecule has 0 saturated heterocycles. The molecule has 0 atom stereocenters. The monoisotopic (exact) mass is 605 g/mol. The molecule has 0 radical (unpaired) electrons. The van der Waals surface area contributed by atoms with Crippen molar-refractivity contribution in [3.05, 3.63) is 48.5 Å². The molecule has 0 fully saturated rings. The molecule has 0 aliphatic carbocycles. The third-order valence-corrected chi connectivity index (χ3v) is 11.0. The van der Waals surface area contributed by atoms with Crippen LogP contribution in [-0.4, -0.2) is 57.6 Å². The van der Waals surface area contributed by atoms with Crippen LogP contribution in [0.15, 0.2) is 48.5 Å². The molecule has 6 nitrogen and oxygen atoms in total. The number of rotatable bonds is 11. The summed E-state index contributed by atoms with van der Waals surface area (Å²) in [5.41, 5.74) is -1.14. The molecular weight excluding hydrogens is 568 g/mol. The van der Waals surface area contributed by atoms with Crippen molar-refractivity contribution in [2.45, 2.75) is 59.6 Å². The van der Waals surface area contributed by atoms with E-state index in [1.807, 2.05) is 69.3 Å². The Kier molecular flexibility index (Phi) is 9.26. The molecule has 34 heavy (non-hydrogen) atoms. The van der Waals surface area contributed by atoms with E-state index < -0.39 is 46.6 Å². The van der Waals surface area contributed by atoms with Crippen molar-refractivity contribution in [1.82, 2.24) is 0 Å². The fourth-order valence-electron chi connectivity index (χ4n) is 2.77. The van der Waals surface area contributed by atoms with Crippen LogP contribution in [0.1, 0.15) is 54.9 Å². The molecule has 8 heteroatoms. The van der Waals surface area contributed by atoms with Gasteiger partial charge in [0.15, 0.2) is 0 Å². The molecule has 2 aromatic rings. The first-order chi connectivity index (χ1) is 15.5. The van der Waals surface area contributed by atoms with Gasteiger partial charge in [-0.25, -0.2) is 0 Å². The summed E-state index contributed by atoms with van der Waals surface area (Å²) in [7, 11) is -4.43. The Morgan fingerprint density at radius 2 is 1.26 bits per heavy atom. The van der Waals surface area contributed by atoms with E-state index in [2.05, 4.69) is 0 Å². The van der Waals surface area contributed by atoms with Gasteiger partial charge in [0.25, 0.3) is 0 Å². The Labute approximate surface area is 214 Å². The molecule has 0 aliphatic rings. The van der Waals surface area contributed by atoms with E-state index in [1.165, 1.54) is 21.1 Å². The average molecular weight is 603 g/mol. The molecule has 0 N–H and O–H groups in total. The van der Waals surface area contributed by atoms with Crippen molar-refractivity contribution in [3.8, 4) is 11.5 Å². The Morgan fingerprint density at radius 3 is 1.68 bits per heavy atom. The first-order valence-electron chi connectivity index (χ1n) is 11.2. The van der Waals surface area contributed by atoms with Crippen LogP contribution in [0.25, 0.3) is 0 Å². The van der Waals surface area contributed by atoms with E-state index in [4.69, 9.17) is 9.47 Å². The summed E-state index contributed by atoms with van der Waals surface area (Å²) in [6.45, 7) is 12.5. The van der Waals surface area contributed by atoms with Crippen molar-refractivity contribution in [2.24, 2.45) is 10.8 Å². The molecule has 0 aliphatic heterocycles. The molecule has 0 saturated carbocycles. The standard InChI is InChI=1S/C26H36O6STe/c1-24(2,3)23(27)18-32-20-10-14-22(15-11-20)34-21-12-8-19(9-13-21)31-17-16-25(4,5)26(6,7)33(28,29)30/h8-15H,16-18H2,1-7H3,(H,28,29,30)/p-1. The second-order valence-corrected chi connectivity index (χ2v) is 15.7. The van der Waals surface area contributed by atoms with Crippen LogP contribution in [0.4, 0.5) is 0 Å². The Balaban J connectivity index is 1.88. The number of hydrogen-bond donors (Lipinski definition) is 0. The van der Waals surface area contributed by atoms with Crippen LogP contribution in [-0.2, 0) is 14.9 Å². The average Bonchev–Trinajstić information content (AvgIpc) is 2.72. The van der Waals surface area contributed by atoms with Gasteiger partial charge in [0.1, 0.15) is 0 Å². The second-order valence-electron chi connectivity index (χ2n) is 10.5. The molecule has 0 amide bonds. The second kappa shape index (κ2) is 11.0.